The molecule has 1 N–H and O–H groups in total. The largest absolute Gasteiger partial charge is 0.573 e. The highest BCUT2D eigenvalue weighted by Crippen LogP contribution is 2.25. The van der Waals surface area contributed by atoms with E-state index in [1.165, 1.54) is 4.90 Å². The van der Waals surface area contributed by atoms with Crippen molar-refractivity contribution in [2.24, 2.45) is 0 Å². The van der Waals surface area contributed by atoms with Gasteiger partial charge in [0.15, 0.2) is 0 Å². The van der Waals surface area contributed by atoms with Crippen molar-refractivity contribution in [3.63, 3.8) is 0 Å². The van der Waals surface area contributed by atoms with E-state index in [1.807, 2.05) is 0 Å². The Morgan fingerprint density at radius 2 is 1.52 bits per heavy atom. The van der Waals surface area contributed by atoms with E-state index in [9.17, 15) is 31.2 Å². The summed E-state index contributed by atoms with van der Waals surface area (Å²) in [4.78, 5) is 27.2. The molecule has 2 fully saturated rings. The summed E-state index contributed by atoms with van der Waals surface area (Å²) in [7, 11) is -3.93. The Morgan fingerprint density at radius 1 is 0.935 bits per heavy atom. The lowest BCUT2D eigenvalue weighted by atomic mass is 10.3. The number of nitrogens with zero attached hydrogens (tertiary/aromatic N) is 3. The van der Waals surface area contributed by atoms with Gasteiger partial charge in [-0.25, -0.2) is 13.2 Å². The minimum atomic E-state index is -4.86. The number of carbonyl (C=O) groups is 2. The number of likely N-dealkylation sites (tertiary alicyclic amines) is 1. The molecular weight excluding hydrogens is 441 g/mol. The fraction of sp³-hybridized carbons (Fsp3) is 0.556. The van der Waals surface area contributed by atoms with Gasteiger partial charge < -0.3 is 19.9 Å². The van der Waals surface area contributed by atoms with Crippen LogP contribution in [0.1, 0.15) is 12.8 Å². The first-order valence-corrected chi connectivity index (χ1v) is 11.2. The third-order valence-corrected chi connectivity index (χ3v) is 6.98. The number of hydrogen-bond acceptors (Lipinski definition) is 5. The van der Waals surface area contributed by atoms with Gasteiger partial charge in [0.2, 0.25) is 15.9 Å². The molecule has 0 saturated carbocycles. The normalized spacial score (nSPS) is 18.2. The van der Waals surface area contributed by atoms with Crippen molar-refractivity contribution < 1.29 is 35.9 Å². The number of piperazine rings is 1. The first-order chi connectivity index (χ1) is 14.6. The van der Waals surface area contributed by atoms with E-state index in [4.69, 9.17) is 0 Å². The van der Waals surface area contributed by atoms with Crippen LogP contribution in [0.2, 0.25) is 0 Å². The topological polar surface area (TPSA) is 99.3 Å². The maximum Gasteiger partial charge on any atom is 0.573 e. The van der Waals surface area contributed by atoms with Crippen molar-refractivity contribution in [2.45, 2.75) is 24.1 Å². The van der Waals surface area contributed by atoms with Crippen molar-refractivity contribution >= 4 is 22.0 Å². The minimum absolute atomic E-state index is 0.0244. The van der Waals surface area contributed by atoms with Crippen molar-refractivity contribution in [2.75, 3.05) is 45.8 Å². The van der Waals surface area contributed by atoms with Gasteiger partial charge in [0.05, 0.1) is 11.4 Å². The molecule has 172 valence electrons. The zero-order chi connectivity index (χ0) is 22.6. The standard InChI is InChI=1S/C18H23F3N4O5S/c19-18(20,21)30-14-3-5-15(6-4-14)31(28,29)25-11-9-24(10-12-25)17(27)22-13-16(26)23-7-1-2-8-23/h3-6H,1-2,7-13H2,(H,22,27). The molecule has 1 aromatic rings. The number of urea groups is 1. The zero-order valence-electron chi connectivity index (χ0n) is 16.6. The number of sulfonamides is 1. The third-order valence-electron chi connectivity index (χ3n) is 5.07. The third kappa shape index (κ3) is 6.00. The van der Waals surface area contributed by atoms with Crippen LogP contribution in [0.25, 0.3) is 0 Å². The fourth-order valence-corrected chi connectivity index (χ4v) is 4.86. The monoisotopic (exact) mass is 464 g/mol. The highest BCUT2D eigenvalue weighted by molar-refractivity contribution is 7.89. The molecule has 9 nitrogen and oxygen atoms in total. The molecule has 3 amide bonds. The van der Waals surface area contributed by atoms with E-state index in [0.717, 1.165) is 41.4 Å². The number of hydrogen-bond donors (Lipinski definition) is 1. The summed E-state index contributed by atoms with van der Waals surface area (Å²) in [5.74, 6) is -0.665. The second kappa shape index (κ2) is 9.30. The molecule has 31 heavy (non-hydrogen) atoms. The predicted octanol–water partition coefficient (Wildman–Crippen LogP) is 1.22. The van der Waals surface area contributed by atoms with Gasteiger partial charge in [0.25, 0.3) is 0 Å². The number of ether oxygens (including phenoxy) is 1. The molecule has 1 aromatic carbocycles. The van der Waals surface area contributed by atoms with Crippen molar-refractivity contribution in [1.29, 1.82) is 0 Å². The summed E-state index contributed by atoms with van der Waals surface area (Å²) >= 11 is 0. The van der Waals surface area contributed by atoms with E-state index in [1.54, 1.807) is 4.90 Å². The van der Waals surface area contributed by atoms with Crippen LogP contribution in [0.4, 0.5) is 18.0 Å². The number of rotatable bonds is 5. The van der Waals surface area contributed by atoms with Gasteiger partial charge in [-0.3, -0.25) is 4.79 Å². The first kappa shape index (κ1) is 23.1. The highest BCUT2D eigenvalue weighted by Gasteiger charge is 2.33. The van der Waals surface area contributed by atoms with Crippen LogP contribution in [0.5, 0.6) is 5.75 Å². The van der Waals surface area contributed by atoms with Crippen molar-refractivity contribution in [3.05, 3.63) is 24.3 Å². The average molecular weight is 464 g/mol. The molecule has 0 aliphatic carbocycles. The Kier molecular flexibility index (Phi) is 6.94. The Hall–Kier alpha value is -2.54. The van der Waals surface area contributed by atoms with Crippen LogP contribution in [0, 0.1) is 0 Å². The van der Waals surface area contributed by atoms with E-state index < -0.39 is 28.2 Å². The molecule has 0 radical (unpaired) electrons. The number of nitrogens with one attached hydrogen (secondary N) is 1. The summed E-state index contributed by atoms with van der Waals surface area (Å²) in [6.07, 6.45) is -2.96. The quantitative estimate of drug-likeness (QED) is 0.707. The summed E-state index contributed by atoms with van der Waals surface area (Å²) < 4.78 is 67.0. The molecule has 0 spiro atoms. The first-order valence-electron chi connectivity index (χ1n) is 9.73. The van der Waals surface area contributed by atoms with Crippen molar-refractivity contribution in [3.8, 4) is 5.75 Å². The summed E-state index contributed by atoms with van der Waals surface area (Å²) in [6.45, 7) is 1.57. The zero-order valence-corrected chi connectivity index (χ0v) is 17.4. The van der Waals surface area contributed by atoms with E-state index in [0.29, 0.717) is 13.1 Å². The van der Waals surface area contributed by atoms with Gasteiger partial charge in [-0.15, -0.1) is 13.2 Å². The van der Waals surface area contributed by atoms with Gasteiger partial charge in [-0.05, 0) is 37.1 Å². The lowest BCUT2D eigenvalue weighted by Gasteiger charge is -2.34. The van der Waals surface area contributed by atoms with Gasteiger partial charge in [-0.2, -0.15) is 4.31 Å². The molecule has 0 unspecified atom stereocenters. The fourth-order valence-electron chi connectivity index (χ4n) is 3.44. The van der Waals surface area contributed by atoms with E-state index >= 15 is 0 Å². The Bertz CT molecular complexity index is 894. The second-order valence-electron chi connectivity index (χ2n) is 7.16. The number of carbonyl (C=O) groups excluding carboxylic acids is 2. The molecule has 0 aromatic heterocycles. The Balaban J connectivity index is 1.51. The molecule has 2 aliphatic heterocycles. The molecule has 3 rings (SSSR count). The lowest BCUT2D eigenvalue weighted by Crippen LogP contribution is -2.54. The van der Waals surface area contributed by atoms with Crippen LogP contribution >= 0.6 is 0 Å². The van der Waals surface area contributed by atoms with Crippen LogP contribution in [0.15, 0.2) is 29.2 Å². The SMILES string of the molecule is O=C(CNC(=O)N1CCN(S(=O)(=O)c2ccc(OC(F)(F)F)cc2)CC1)N1CCCC1. The van der Waals surface area contributed by atoms with Crippen LogP contribution < -0.4 is 10.1 Å². The van der Waals surface area contributed by atoms with Gasteiger partial charge in [0.1, 0.15) is 5.75 Å². The van der Waals surface area contributed by atoms with E-state index in [-0.39, 0.29) is 43.5 Å². The summed E-state index contributed by atoms with van der Waals surface area (Å²) in [5, 5.41) is 2.56. The number of amides is 3. The summed E-state index contributed by atoms with van der Waals surface area (Å²) in [5.41, 5.74) is 0. The number of alkyl halides is 3. The molecule has 0 atom stereocenters. The number of benzene rings is 1. The maximum atomic E-state index is 12.7. The molecular formula is C18H23F3N4O5S. The van der Waals surface area contributed by atoms with Gasteiger partial charge in [0, 0.05) is 39.3 Å². The molecule has 13 heteroatoms. The van der Waals surface area contributed by atoms with Crippen LogP contribution in [0.3, 0.4) is 0 Å². The average Bonchev–Trinajstić information content (AvgIpc) is 3.26. The van der Waals surface area contributed by atoms with E-state index in [2.05, 4.69) is 10.1 Å². The van der Waals surface area contributed by atoms with Gasteiger partial charge in [-0.1, -0.05) is 0 Å². The lowest BCUT2D eigenvalue weighted by molar-refractivity contribution is -0.274. The highest BCUT2D eigenvalue weighted by atomic mass is 32.2. The van der Waals surface area contributed by atoms with Crippen LogP contribution in [-0.4, -0.2) is 86.6 Å². The Morgan fingerprint density at radius 3 is 2.06 bits per heavy atom. The molecule has 2 aliphatic rings. The molecule has 0 bridgehead atoms. The Labute approximate surface area is 177 Å². The summed E-state index contributed by atoms with van der Waals surface area (Å²) in [6, 6.07) is 3.50. The van der Waals surface area contributed by atoms with Gasteiger partial charge >= 0.3 is 12.4 Å². The second-order valence-corrected chi connectivity index (χ2v) is 9.09. The molecule has 2 saturated heterocycles. The molecule has 2 heterocycles. The van der Waals surface area contributed by atoms with Crippen LogP contribution in [-0.2, 0) is 14.8 Å². The minimum Gasteiger partial charge on any atom is -0.406 e. The maximum absolute atomic E-state index is 12.7. The predicted molar refractivity (Wildman–Crippen MR) is 103 cm³/mol. The number of halogens is 3. The smallest absolute Gasteiger partial charge is 0.406 e. The van der Waals surface area contributed by atoms with Crippen molar-refractivity contribution in [1.82, 2.24) is 19.4 Å².